The van der Waals surface area contributed by atoms with E-state index in [0.29, 0.717) is 12.8 Å². The summed E-state index contributed by atoms with van der Waals surface area (Å²) < 4.78 is 14.5. The highest BCUT2D eigenvalue weighted by atomic mass is 16.5. The van der Waals surface area contributed by atoms with E-state index in [1.54, 1.807) is 9.36 Å². The number of carbonyl (C=O) groups excluding carboxylic acids is 2. The van der Waals surface area contributed by atoms with Gasteiger partial charge in [-0.1, -0.05) is 83.4 Å². The number of piperidine rings is 3. The Labute approximate surface area is 617 Å². The van der Waals surface area contributed by atoms with Crippen molar-refractivity contribution in [1.82, 2.24) is 73.9 Å². The van der Waals surface area contributed by atoms with Crippen LogP contribution in [0.1, 0.15) is 163 Å². The number of unbranched alkanes of at least 4 members (excludes halogenated alkanes) is 8. The molecule has 0 bridgehead atoms. The number of hydrogen-bond acceptors (Lipinski definition) is 19. The molecule has 22 heteroatoms. The fraction of sp³-hybridized carbons (Fsp3) is 0.716. The minimum atomic E-state index is -0.142. The molecule has 0 amide bonds. The number of aromatic nitrogens is 6. The molecule has 12 rings (SSSR count). The van der Waals surface area contributed by atoms with Gasteiger partial charge in [0.25, 0.3) is 0 Å². The summed E-state index contributed by atoms with van der Waals surface area (Å²) in [6.45, 7) is 35.1. The normalized spacial score (nSPS) is 20.1. The molecular weight excluding hydrogens is 1290 g/mol. The summed E-state index contributed by atoms with van der Waals surface area (Å²) in [6, 6.07) is 16.0. The Bertz CT molecular complexity index is 3410. The number of aromatic amines is 1. The zero-order valence-electron chi connectivity index (χ0n) is 64.9. The molecule has 6 saturated heterocycles. The number of fused-ring (bicyclic) bond motifs is 3. The number of nitrogens with two attached hydrogens (primary N) is 3. The standard InChI is InChI=1S/2C30H50N6O2.C21H34N6/c1-4-5-6-7-8-9-29(37)38-23-36-21-26-19-25(18-24(2)30(26)32-36)20-27(31)22-34-14-16-35(17-15-34)28-10-12-33(3)13-11-28;1-4-5-6-7-8-9-29(37)38-23-36-30-24(2)18-25(19-26(30)21-32-36)20-27(31)22-34-14-16-35(17-15-34)28-10-12-33(3)13-11-28;1-16-11-17(12-18-14-23-24-21(16)18)13-19(22)15-26-7-9-27(10-8-26)20-3-5-25(2)6-4-20/h2*18-19,21,27-28H,4-17,20,22-23,31H2,1-3H3;11-12,14,19-20H,3-10,13,15,22H2,1-2H3,(H,23,24)/t2*27-;19-/m111/s1. The quantitative estimate of drug-likeness (QED) is 0.0235. The van der Waals surface area contributed by atoms with Gasteiger partial charge in [0.15, 0.2) is 13.5 Å². The van der Waals surface area contributed by atoms with Gasteiger partial charge in [0.1, 0.15) is 0 Å². The minimum absolute atomic E-state index is 0.107. The van der Waals surface area contributed by atoms with Gasteiger partial charge in [0, 0.05) is 170 Å². The summed E-state index contributed by atoms with van der Waals surface area (Å²) in [5, 5.41) is 19.7. The van der Waals surface area contributed by atoms with Crippen molar-refractivity contribution >= 4 is 44.6 Å². The van der Waals surface area contributed by atoms with Crippen LogP contribution in [0.15, 0.2) is 55.0 Å². The first-order valence-electron chi connectivity index (χ1n) is 40.3. The molecule has 0 aliphatic carbocycles. The average Bonchev–Trinajstić information content (AvgIpc) is 1.69. The Morgan fingerprint density at radius 1 is 0.476 bits per heavy atom. The lowest BCUT2D eigenvalue weighted by molar-refractivity contribution is -0.148. The van der Waals surface area contributed by atoms with Gasteiger partial charge in [-0.3, -0.25) is 44.1 Å². The van der Waals surface area contributed by atoms with E-state index in [2.05, 4.69) is 157 Å². The summed E-state index contributed by atoms with van der Waals surface area (Å²) in [5.74, 6) is -0.283. The largest absolute Gasteiger partial charge is 0.442 e. The van der Waals surface area contributed by atoms with Crippen molar-refractivity contribution in [3.05, 3.63) is 88.4 Å². The highest BCUT2D eigenvalue weighted by Gasteiger charge is 2.31. The molecule has 6 aliphatic heterocycles. The molecule has 9 heterocycles. The van der Waals surface area contributed by atoms with Crippen molar-refractivity contribution in [3.8, 4) is 0 Å². The van der Waals surface area contributed by atoms with E-state index in [1.807, 2.05) is 18.6 Å². The van der Waals surface area contributed by atoms with Gasteiger partial charge in [0.05, 0.1) is 28.9 Å². The topological polar surface area (TPSA) is 224 Å². The summed E-state index contributed by atoms with van der Waals surface area (Å²) in [6.07, 6.45) is 28.4. The molecule has 3 aromatic carbocycles. The third-order valence-corrected chi connectivity index (χ3v) is 23.2. The number of rotatable bonds is 31. The Hall–Kier alpha value is -5.47. The molecule has 6 fully saturated rings. The second kappa shape index (κ2) is 41.0. The van der Waals surface area contributed by atoms with Gasteiger partial charge >= 0.3 is 11.9 Å². The number of nitrogens with one attached hydrogen (secondary N) is 1. The fourth-order valence-corrected chi connectivity index (χ4v) is 17.1. The van der Waals surface area contributed by atoms with Crippen LogP contribution in [-0.2, 0) is 51.8 Å². The zero-order chi connectivity index (χ0) is 72.6. The van der Waals surface area contributed by atoms with Crippen LogP contribution in [0.2, 0.25) is 0 Å². The highest BCUT2D eigenvalue weighted by molar-refractivity contribution is 5.84. The summed E-state index contributed by atoms with van der Waals surface area (Å²) in [5.41, 5.74) is 30.3. The zero-order valence-corrected chi connectivity index (χ0v) is 64.9. The predicted molar refractivity (Wildman–Crippen MR) is 419 cm³/mol. The van der Waals surface area contributed by atoms with Crippen molar-refractivity contribution in [2.75, 3.05) is 159 Å². The molecule has 0 saturated carbocycles. The number of likely N-dealkylation sites (tertiary alicyclic amines) is 3. The van der Waals surface area contributed by atoms with Crippen LogP contribution in [0.4, 0.5) is 0 Å². The number of carbonyl (C=O) groups is 2. The molecule has 22 nitrogen and oxygen atoms in total. The lowest BCUT2D eigenvalue weighted by Crippen LogP contribution is -2.54. The van der Waals surface area contributed by atoms with E-state index >= 15 is 0 Å². The van der Waals surface area contributed by atoms with E-state index in [1.165, 1.54) is 157 Å². The number of piperazine rings is 3. The van der Waals surface area contributed by atoms with Crippen LogP contribution < -0.4 is 17.2 Å². The van der Waals surface area contributed by atoms with E-state index < -0.39 is 0 Å². The number of hydrogen-bond donors (Lipinski definition) is 4. The molecular formula is C81H134N18O4. The number of ether oxygens (including phenoxy) is 2. The highest BCUT2D eigenvalue weighted by Crippen LogP contribution is 2.27. The van der Waals surface area contributed by atoms with Crippen LogP contribution in [0, 0.1) is 20.8 Å². The second-order valence-electron chi connectivity index (χ2n) is 31.9. The van der Waals surface area contributed by atoms with E-state index in [4.69, 9.17) is 26.7 Å². The predicted octanol–water partition coefficient (Wildman–Crippen LogP) is 9.03. The van der Waals surface area contributed by atoms with E-state index in [-0.39, 0.29) is 43.5 Å². The minimum Gasteiger partial charge on any atom is -0.442 e. The first kappa shape index (κ1) is 80.1. The SMILES string of the molecule is CCCCCCCC(=O)OCn1cc2cc(C[C@@H](N)CN3CCN(C4CCN(C)CC4)CC3)cc(C)c2n1.CCCCCCCC(=O)OCn1ncc2cc(C[C@@H](N)CN3CCN(C4CCN(C)CC4)CC3)cc(C)c21.Cc1cc(C[C@@H](N)CN2CCN(C3CCN(C)CC3)CC2)cc2cn[nH]c12. The first-order valence-corrected chi connectivity index (χ1v) is 40.3. The molecule has 572 valence electrons. The third-order valence-electron chi connectivity index (χ3n) is 23.2. The number of H-pyrrole nitrogens is 1. The van der Waals surface area contributed by atoms with Crippen molar-refractivity contribution < 1.29 is 19.1 Å². The smallest absolute Gasteiger partial charge is 0.307 e. The Morgan fingerprint density at radius 2 is 0.874 bits per heavy atom. The van der Waals surface area contributed by atoms with Crippen molar-refractivity contribution in [3.63, 3.8) is 0 Å². The number of aryl methyl sites for hydroxylation is 3. The van der Waals surface area contributed by atoms with Gasteiger partial charge in [-0.25, -0.2) is 9.36 Å². The molecule has 103 heavy (non-hydrogen) atoms. The molecule has 6 aromatic rings. The fourth-order valence-electron chi connectivity index (χ4n) is 17.1. The van der Waals surface area contributed by atoms with Crippen molar-refractivity contribution in [2.45, 2.75) is 219 Å². The van der Waals surface area contributed by atoms with Gasteiger partial charge in [-0.2, -0.15) is 15.3 Å². The lowest BCUT2D eigenvalue weighted by Gasteiger charge is -2.42. The van der Waals surface area contributed by atoms with E-state index in [0.717, 1.165) is 187 Å². The van der Waals surface area contributed by atoms with Gasteiger partial charge < -0.3 is 41.4 Å². The molecule has 0 unspecified atom stereocenters. The molecule has 6 aliphatic rings. The maximum atomic E-state index is 12.2. The third kappa shape index (κ3) is 25.1. The first-order chi connectivity index (χ1) is 49.9. The molecule has 3 atom stereocenters. The number of nitrogens with zero attached hydrogens (tertiary/aromatic N) is 14. The maximum absolute atomic E-state index is 12.2. The summed E-state index contributed by atoms with van der Waals surface area (Å²) >= 11 is 0. The molecule has 3 aromatic heterocycles. The van der Waals surface area contributed by atoms with Gasteiger partial charge in [-0.15, -0.1) is 0 Å². The van der Waals surface area contributed by atoms with Gasteiger partial charge in [0.2, 0.25) is 0 Å². The summed E-state index contributed by atoms with van der Waals surface area (Å²) in [4.78, 5) is 47.3. The molecule has 0 spiro atoms. The molecule has 0 radical (unpaired) electrons. The van der Waals surface area contributed by atoms with Crippen LogP contribution >= 0.6 is 0 Å². The monoisotopic (exact) mass is 1420 g/mol. The Balaban J connectivity index is 0.000000169. The average molecular weight is 1420 g/mol. The summed E-state index contributed by atoms with van der Waals surface area (Å²) in [7, 11) is 6.70. The van der Waals surface area contributed by atoms with Crippen LogP contribution in [0.25, 0.3) is 32.7 Å². The Morgan fingerprint density at radius 3 is 1.32 bits per heavy atom. The number of esters is 2. The van der Waals surface area contributed by atoms with Crippen LogP contribution in [-0.4, -0.2) is 281 Å². The molecule has 7 N–H and O–H groups in total. The maximum Gasteiger partial charge on any atom is 0.307 e. The van der Waals surface area contributed by atoms with Crippen molar-refractivity contribution in [1.29, 1.82) is 0 Å². The lowest BCUT2D eigenvalue weighted by atomic mass is 10.0. The second-order valence-corrected chi connectivity index (χ2v) is 31.9. The van der Waals surface area contributed by atoms with Crippen molar-refractivity contribution in [2.24, 2.45) is 17.2 Å². The Kier molecular flexibility index (Phi) is 31.9. The van der Waals surface area contributed by atoms with E-state index in [9.17, 15) is 9.59 Å². The van der Waals surface area contributed by atoms with Crippen LogP contribution in [0.3, 0.4) is 0 Å². The number of benzene rings is 3. The van der Waals surface area contributed by atoms with Crippen LogP contribution in [0.5, 0.6) is 0 Å². The van der Waals surface area contributed by atoms with Gasteiger partial charge in [-0.05, 0) is 203 Å².